The third-order valence-electron chi connectivity index (χ3n) is 3.93. The summed E-state index contributed by atoms with van der Waals surface area (Å²) in [5.74, 6) is 1.29. The number of aromatic nitrogens is 2. The van der Waals surface area contributed by atoms with Crippen LogP contribution < -0.4 is 5.32 Å². The van der Waals surface area contributed by atoms with Gasteiger partial charge in [0.25, 0.3) is 0 Å². The Morgan fingerprint density at radius 3 is 2.59 bits per heavy atom. The van der Waals surface area contributed by atoms with Gasteiger partial charge in [-0.25, -0.2) is 0 Å². The molecule has 7 heteroatoms. The molecule has 0 aliphatic carbocycles. The minimum atomic E-state index is 0. The van der Waals surface area contributed by atoms with Crippen molar-refractivity contribution in [2.24, 2.45) is 0 Å². The number of rotatable bonds is 4. The van der Waals surface area contributed by atoms with E-state index in [0.717, 1.165) is 38.0 Å². The van der Waals surface area contributed by atoms with Gasteiger partial charge in [-0.15, -0.1) is 12.4 Å². The molecule has 1 aromatic heterocycles. The molecular weight excluding hydrogens is 323 g/mol. The maximum atomic E-state index is 5.88. The monoisotopic (exact) mass is 342 g/mol. The third-order valence-corrected chi connectivity index (χ3v) is 4.18. The Morgan fingerprint density at radius 2 is 1.95 bits per heavy atom. The summed E-state index contributed by atoms with van der Waals surface area (Å²) in [6.45, 7) is 2.84. The van der Waals surface area contributed by atoms with Gasteiger partial charge in [-0.1, -0.05) is 16.8 Å². The molecule has 1 aliphatic rings. The Bertz CT molecular complexity index is 579. The molecule has 0 atom stereocenters. The summed E-state index contributed by atoms with van der Waals surface area (Å²) in [5.41, 5.74) is 0.920. The second kappa shape index (κ2) is 7.92. The average molecular weight is 343 g/mol. The molecule has 5 nitrogen and oxygen atoms in total. The standard InChI is InChI=1S/C15H19ClN4O.ClH/c1-17-13-6-8-20(9-7-13)10-14-18-15(19-21-14)11-2-4-12(16)5-3-11;/h2-5,13,17H,6-10H2,1H3;1H. The highest BCUT2D eigenvalue weighted by molar-refractivity contribution is 6.30. The second-order valence-electron chi connectivity index (χ2n) is 5.36. The summed E-state index contributed by atoms with van der Waals surface area (Å²) in [5, 5.41) is 8.08. The van der Waals surface area contributed by atoms with Gasteiger partial charge in [0.15, 0.2) is 0 Å². The van der Waals surface area contributed by atoms with Crippen molar-refractivity contribution in [2.45, 2.75) is 25.4 Å². The number of piperidine rings is 1. The molecular formula is C15H20Cl2N4O. The SMILES string of the molecule is CNC1CCN(Cc2nc(-c3ccc(Cl)cc3)no2)CC1.Cl. The highest BCUT2D eigenvalue weighted by atomic mass is 35.5. The quantitative estimate of drug-likeness (QED) is 0.925. The molecule has 0 saturated carbocycles. The summed E-state index contributed by atoms with van der Waals surface area (Å²) in [6.07, 6.45) is 2.32. The molecule has 120 valence electrons. The zero-order valence-corrected chi connectivity index (χ0v) is 14.0. The van der Waals surface area contributed by atoms with Crippen LogP contribution in [0.25, 0.3) is 11.4 Å². The Kier molecular flexibility index (Phi) is 6.20. The molecule has 1 fully saturated rings. The van der Waals surface area contributed by atoms with Gasteiger partial charge in [0.2, 0.25) is 11.7 Å². The molecule has 22 heavy (non-hydrogen) atoms. The van der Waals surface area contributed by atoms with Crippen LogP contribution in [-0.4, -0.2) is 41.2 Å². The van der Waals surface area contributed by atoms with E-state index in [4.69, 9.17) is 16.1 Å². The van der Waals surface area contributed by atoms with Gasteiger partial charge in [0.05, 0.1) is 6.54 Å². The van der Waals surface area contributed by atoms with E-state index >= 15 is 0 Å². The van der Waals surface area contributed by atoms with Crippen LogP contribution in [0.4, 0.5) is 0 Å². The van der Waals surface area contributed by atoms with Gasteiger partial charge in [-0.05, 0) is 44.2 Å². The Hall–Kier alpha value is -1.14. The van der Waals surface area contributed by atoms with Crippen molar-refractivity contribution in [1.29, 1.82) is 0 Å². The van der Waals surface area contributed by atoms with Crippen LogP contribution in [0.15, 0.2) is 28.8 Å². The van der Waals surface area contributed by atoms with Gasteiger partial charge in [-0.2, -0.15) is 4.98 Å². The Morgan fingerprint density at radius 1 is 1.27 bits per heavy atom. The lowest BCUT2D eigenvalue weighted by atomic mass is 10.1. The van der Waals surface area contributed by atoms with E-state index in [0.29, 0.717) is 22.8 Å². The van der Waals surface area contributed by atoms with Crippen molar-refractivity contribution < 1.29 is 4.52 Å². The topological polar surface area (TPSA) is 54.2 Å². The van der Waals surface area contributed by atoms with Crippen LogP contribution in [0.1, 0.15) is 18.7 Å². The zero-order valence-electron chi connectivity index (χ0n) is 12.5. The van der Waals surface area contributed by atoms with Crippen molar-refractivity contribution in [3.63, 3.8) is 0 Å². The summed E-state index contributed by atoms with van der Waals surface area (Å²) < 4.78 is 5.35. The van der Waals surface area contributed by atoms with Gasteiger partial charge in [0.1, 0.15) is 0 Å². The van der Waals surface area contributed by atoms with Crippen molar-refractivity contribution in [3.05, 3.63) is 35.2 Å². The molecule has 1 aliphatic heterocycles. The highest BCUT2D eigenvalue weighted by Crippen LogP contribution is 2.19. The van der Waals surface area contributed by atoms with Crippen LogP contribution in [0.2, 0.25) is 5.02 Å². The van der Waals surface area contributed by atoms with E-state index in [9.17, 15) is 0 Å². The van der Waals surface area contributed by atoms with E-state index in [2.05, 4.69) is 20.4 Å². The number of likely N-dealkylation sites (tertiary alicyclic amines) is 1. The molecule has 1 saturated heterocycles. The number of hydrogen-bond donors (Lipinski definition) is 1. The number of benzene rings is 1. The molecule has 0 unspecified atom stereocenters. The smallest absolute Gasteiger partial charge is 0.241 e. The van der Waals surface area contributed by atoms with Crippen LogP contribution in [0.5, 0.6) is 0 Å². The minimum Gasteiger partial charge on any atom is -0.338 e. The van der Waals surface area contributed by atoms with Crippen LogP contribution in [0.3, 0.4) is 0 Å². The molecule has 1 aromatic carbocycles. The molecule has 1 N–H and O–H groups in total. The van der Waals surface area contributed by atoms with Gasteiger partial charge >= 0.3 is 0 Å². The van der Waals surface area contributed by atoms with Gasteiger partial charge in [0, 0.05) is 29.7 Å². The van der Waals surface area contributed by atoms with Crippen LogP contribution in [-0.2, 0) is 6.54 Å². The molecule has 3 rings (SSSR count). The first-order valence-electron chi connectivity index (χ1n) is 7.23. The number of halogens is 2. The largest absolute Gasteiger partial charge is 0.338 e. The van der Waals surface area contributed by atoms with E-state index in [1.54, 1.807) is 0 Å². The fourth-order valence-corrected chi connectivity index (χ4v) is 2.73. The fraction of sp³-hybridized carbons (Fsp3) is 0.467. The van der Waals surface area contributed by atoms with E-state index in [-0.39, 0.29) is 12.4 Å². The maximum absolute atomic E-state index is 5.88. The predicted molar refractivity (Wildman–Crippen MR) is 89.4 cm³/mol. The van der Waals surface area contributed by atoms with E-state index < -0.39 is 0 Å². The molecule has 0 spiro atoms. The summed E-state index contributed by atoms with van der Waals surface area (Å²) in [6, 6.07) is 8.09. The van der Waals surface area contributed by atoms with Crippen molar-refractivity contribution in [2.75, 3.05) is 20.1 Å². The zero-order chi connectivity index (χ0) is 14.7. The maximum Gasteiger partial charge on any atom is 0.241 e. The third kappa shape index (κ3) is 4.20. The van der Waals surface area contributed by atoms with Crippen molar-refractivity contribution in [3.8, 4) is 11.4 Å². The summed E-state index contributed by atoms with van der Waals surface area (Å²) in [7, 11) is 2.02. The highest BCUT2D eigenvalue weighted by Gasteiger charge is 2.19. The summed E-state index contributed by atoms with van der Waals surface area (Å²) >= 11 is 5.88. The molecule has 2 heterocycles. The first kappa shape index (κ1) is 17.2. The Labute approximate surface area is 141 Å². The number of nitrogens with zero attached hydrogens (tertiary/aromatic N) is 3. The van der Waals surface area contributed by atoms with E-state index in [1.165, 1.54) is 0 Å². The molecule has 0 radical (unpaired) electrons. The molecule has 0 bridgehead atoms. The minimum absolute atomic E-state index is 0. The number of nitrogens with one attached hydrogen (secondary N) is 1. The molecule has 2 aromatic rings. The molecule has 0 amide bonds. The van der Waals surface area contributed by atoms with Gasteiger partial charge < -0.3 is 9.84 Å². The number of hydrogen-bond acceptors (Lipinski definition) is 5. The first-order valence-corrected chi connectivity index (χ1v) is 7.60. The van der Waals surface area contributed by atoms with Gasteiger partial charge in [-0.3, -0.25) is 4.90 Å². The van der Waals surface area contributed by atoms with Crippen molar-refractivity contribution in [1.82, 2.24) is 20.4 Å². The lowest BCUT2D eigenvalue weighted by Gasteiger charge is -2.30. The van der Waals surface area contributed by atoms with Crippen LogP contribution >= 0.6 is 24.0 Å². The lowest BCUT2D eigenvalue weighted by molar-refractivity contribution is 0.173. The summed E-state index contributed by atoms with van der Waals surface area (Å²) in [4.78, 5) is 6.82. The normalized spacial score (nSPS) is 16.5. The van der Waals surface area contributed by atoms with Crippen LogP contribution in [0, 0.1) is 0 Å². The second-order valence-corrected chi connectivity index (χ2v) is 5.79. The Balaban J connectivity index is 0.00000176. The fourth-order valence-electron chi connectivity index (χ4n) is 2.61. The van der Waals surface area contributed by atoms with Crippen molar-refractivity contribution >= 4 is 24.0 Å². The average Bonchev–Trinajstić information content (AvgIpc) is 2.97. The lowest BCUT2D eigenvalue weighted by Crippen LogP contribution is -2.40. The predicted octanol–water partition coefficient (Wildman–Crippen LogP) is 3.00. The van der Waals surface area contributed by atoms with E-state index in [1.807, 2.05) is 31.3 Å². The first-order chi connectivity index (χ1) is 10.2.